The maximum absolute atomic E-state index is 14.4. The van der Waals surface area contributed by atoms with Gasteiger partial charge in [-0.2, -0.15) is 5.26 Å². The first-order chi connectivity index (χ1) is 15.5. The Balaban J connectivity index is 1.85. The quantitative estimate of drug-likeness (QED) is 0.621. The van der Waals surface area contributed by atoms with Crippen molar-refractivity contribution in [2.45, 2.75) is 6.42 Å². The van der Waals surface area contributed by atoms with E-state index < -0.39 is 5.82 Å². The number of halogens is 1. The van der Waals surface area contributed by atoms with Gasteiger partial charge in [-0.1, -0.05) is 6.07 Å². The Labute approximate surface area is 185 Å². The van der Waals surface area contributed by atoms with Crippen LogP contribution in [0.1, 0.15) is 12.0 Å². The van der Waals surface area contributed by atoms with E-state index in [1.54, 1.807) is 32.4 Å². The molecular weight excluding hydrogens is 409 g/mol. The highest BCUT2D eigenvalue weighted by molar-refractivity contribution is 5.79. The third-order valence-corrected chi connectivity index (χ3v) is 5.74. The Morgan fingerprint density at radius 1 is 1.28 bits per heavy atom. The standard InChI is InChI=1S/C24H24FN5O2/c1-30-22(16-5-7-19(32-2)8-6-16)21(17-3-4-18(12-26)20(25)11-17)29-23(24(30)31)28-14-15-9-10-27-13-15/h3-8,11,15,27H,9-10,13-14H2,1-2H3,(H,28,29)/t15-/m0/s1. The fraction of sp³-hybridized carbons (Fsp3) is 0.292. The second-order valence-corrected chi connectivity index (χ2v) is 7.80. The number of nitrogens with zero attached hydrogens (tertiary/aromatic N) is 3. The van der Waals surface area contributed by atoms with Crippen LogP contribution in [0.5, 0.6) is 5.75 Å². The number of rotatable bonds is 6. The zero-order valence-electron chi connectivity index (χ0n) is 18.0. The van der Waals surface area contributed by atoms with Crippen LogP contribution in [0.3, 0.4) is 0 Å². The minimum atomic E-state index is -0.632. The van der Waals surface area contributed by atoms with Crippen molar-refractivity contribution in [3.05, 3.63) is 64.2 Å². The Bertz CT molecular complexity index is 1220. The first-order valence-electron chi connectivity index (χ1n) is 10.4. The monoisotopic (exact) mass is 433 g/mol. The lowest BCUT2D eigenvalue weighted by molar-refractivity contribution is 0.415. The summed E-state index contributed by atoms with van der Waals surface area (Å²) in [5, 5.41) is 15.6. The minimum absolute atomic E-state index is 0.0448. The van der Waals surface area contributed by atoms with Crippen molar-refractivity contribution in [2.75, 3.05) is 32.1 Å². The summed E-state index contributed by atoms with van der Waals surface area (Å²) >= 11 is 0. The molecule has 164 valence electrons. The van der Waals surface area contributed by atoms with Gasteiger partial charge in [-0.25, -0.2) is 9.37 Å². The Kier molecular flexibility index (Phi) is 6.19. The Morgan fingerprint density at radius 2 is 2.03 bits per heavy atom. The van der Waals surface area contributed by atoms with E-state index in [2.05, 4.69) is 15.6 Å². The molecule has 1 atom stereocenters. The molecule has 8 heteroatoms. The van der Waals surface area contributed by atoms with Crippen LogP contribution < -0.4 is 20.9 Å². The van der Waals surface area contributed by atoms with Gasteiger partial charge in [0.2, 0.25) is 0 Å². The summed E-state index contributed by atoms with van der Waals surface area (Å²) in [7, 11) is 3.26. The van der Waals surface area contributed by atoms with Crippen LogP contribution in [0.2, 0.25) is 0 Å². The van der Waals surface area contributed by atoms with E-state index in [-0.39, 0.29) is 16.9 Å². The number of anilines is 1. The molecule has 3 aromatic rings. The molecule has 1 fully saturated rings. The van der Waals surface area contributed by atoms with E-state index in [0.29, 0.717) is 35.2 Å². The number of hydrogen-bond donors (Lipinski definition) is 2. The van der Waals surface area contributed by atoms with Gasteiger partial charge in [-0.3, -0.25) is 4.79 Å². The lowest BCUT2D eigenvalue weighted by atomic mass is 10.0. The molecule has 1 aliphatic rings. The first kappa shape index (κ1) is 21.5. The normalized spacial score (nSPS) is 15.4. The molecule has 1 aromatic heterocycles. The predicted octanol–water partition coefficient (Wildman–Crippen LogP) is 3.16. The molecule has 0 radical (unpaired) electrons. The second-order valence-electron chi connectivity index (χ2n) is 7.80. The molecule has 0 amide bonds. The Hall–Kier alpha value is -3.70. The number of benzene rings is 2. The first-order valence-corrected chi connectivity index (χ1v) is 10.4. The van der Waals surface area contributed by atoms with Crippen molar-refractivity contribution < 1.29 is 9.13 Å². The van der Waals surface area contributed by atoms with Crippen LogP contribution in [0.4, 0.5) is 10.2 Å². The van der Waals surface area contributed by atoms with Crippen LogP contribution in [-0.2, 0) is 7.05 Å². The summed E-state index contributed by atoms with van der Waals surface area (Å²) in [6.45, 7) is 2.48. The van der Waals surface area contributed by atoms with Crippen LogP contribution in [0.15, 0.2) is 47.3 Å². The zero-order chi connectivity index (χ0) is 22.7. The number of ether oxygens (including phenoxy) is 1. The number of aromatic nitrogens is 2. The van der Waals surface area contributed by atoms with E-state index in [0.717, 1.165) is 25.1 Å². The SMILES string of the molecule is COc1ccc(-c2c(-c3ccc(C#N)c(F)c3)nc(NC[C@H]3CCNC3)c(=O)n2C)cc1. The summed E-state index contributed by atoms with van der Waals surface area (Å²) in [5.41, 5.74) is 1.91. The molecule has 2 heterocycles. The van der Waals surface area contributed by atoms with Gasteiger partial charge in [-0.15, -0.1) is 0 Å². The summed E-state index contributed by atoms with van der Waals surface area (Å²) in [6, 6.07) is 13.4. The molecule has 0 unspecified atom stereocenters. The van der Waals surface area contributed by atoms with Crippen molar-refractivity contribution in [1.29, 1.82) is 5.26 Å². The maximum atomic E-state index is 14.4. The van der Waals surface area contributed by atoms with Crippen LogP contribution in [0, 0.1) is 23.1 Å². The molecule has 0 saturated carbocycles. The third-order valence-electron chi connectivity index (χ3n) is 5.74. The highest BCUT2D eigenvalue weighted by atomic mass is 19.1. The number of nitriles is 1. The molecule has 7 nitrogen and oxygen atoms in total. The number of nitrogens with one attached hydrogen (secondary N) is 2. The molecular formula is C24H24FN5O2. The smallest absolute Gasteiger partial charge is 0.293 e. The fourth-order valence-corrected chi connectivity index (χ4v) is 3.91. The Morgan fingerprint density at radius 3 is 2.66 bits per heavy atom. The number of methoxy groups -OCH3 is 1. The van der Waals surface area contributed by atoms with Crippen LogP contribution >= 0.6 is 0 Å². The highest BCUT2D eigenvalue weighted by Crippen LogP contribution is 2.32. The van der Waals surface area contributed by atoms with Gasteiger partial charge in [0, 0.05) is 24.7 Å². The molecule has 1 saturated heterocycles. The lowest BCUT2D eigenvalue weighted by Crippen LogP contribution is -2.27. The highest BCUT2D eigenvalue weighted by Gasteiger charge is 2.20. The third kappa shape index (κ3) is 4.20. The minimum Gasteiger partial charge on any atom is -0.497 e. The van der Waals surface area contributed by atoms with E-state index >= 15 is 0 Å². The van der Waals surface area contributed by atoms with Crippen LogP contribution in [0.25, 0.3) is 22.5 Å². The molecule has 4 rings (SSSR count). The van der Waals surface area contributed by atoms with Gasteiger partial charge < -0.3 is 19.9 Å². The zero-order valence-corrected chi connectivity index (χ0v) is 18.0. The van der Waals surface area contributed by atoms with E-state index in [1.165, 1.54) is 16.7 Å². The van der Waals surface area contributed by atoms with Crippen molar-refractivity contribution in [3.8, 4) is 34.3 Å². The van der Waals surface area contributed by atoms with Crippen molar-refractivity contribution >= 4 is 5.82 Å². The van der Waals surface area contributed by atoms with Gasteiger partial charge >= 0.3 is 0 Å². The number of hydrogen-bond acceptors (Lipinski definition) is 6. The predicted molar refractivity (Wildman–Crippen MR) is 121 cm³/mol. The van der Waals surface area contributed by atoms with Crippen molar-refractivity contribution in [2.24, 2.45) is 13.0 Å². The summed E-state index contributed by atoms with van der Waals surface area (Å²) in [4.78, 5) is 17.8. The topological polar surface area (TPSA) is 92.0 Å². The van der Waals surface area contributed by atoms with Gasteiger partial charge in [0.05, 0.1) is 24.1 Å². The van der Waals surface area contributed by atoms with E-state index in [1.807, 2.05) is 18.2 Å². The van der Waals surface area contributed by atoms with Gasteiger partial charge in [0.25, 0.3) is 5.56 Å². The van der Waals surface area contributed by atoms with Crippen molar-refractivity contribution in [1.82, 2.24) is 14.9 Å². The van der Waals surface area contributed by atoms with Crippen molar-refractivity contribution in [3.63, 3.8) is 0 Å². The molecule has 32 heavy (non-hydrogen) atoms. The lowest BCUT2D eigenvalue weighted by Gasteiger charge is -2.18. The van der Waals surface area contributed by atoms with E-state index in [9.17, 15) is 9.18 Å². The molecule has 2 N–H and O–H groups in total. The fourth-order valence-electron chi connectivity index (χ4n) is 3.91. The largest absolute Gasteiger partial charge is 0.497 e. The van der Waals surface area contributed by atoms with Gasteiger partial charge in [0.15, 0.2) is 5.82 Å². The summed E-state index contributed by atoms with van der Waals surface area (Å²) in [5.74, 6) is 0.684. The second kappa shape index (κ2) is 9.20. The van der Waals surface area contributed by atoms with Gasteiger partial charge in [-0.05, 0) is 61.8 Å². The van der Waals surface area contributed by atoms with E-state index in [4.69, 9.17) is 10.00 Å². The summed E-state index contributed by atoms with van der Waals surface area (Å²) < 4.78 is 21.2. The average Bonchev–Trinajstić information content (AvgIpc) is 3.33. The van der Waals surface area contributed by atoms with Crippen LogP contribution in [-0.4, -0.2) is 36.3 Å². The average molecular weight is 433 g/mol. The molecule has 0 bridgehead atoms. The maximum Gasteiger partial charge on any atom is 0.293 e. The molecule has 0 aliphatic carbocycles. The molecule has 0 spiro atoms. The van der Waals surface area contributed by atoms with Gasteiger partial charge in [0.1, 0.15) is 17.6 Å². The molecule has 2 aromatic carbocycles. The summed E-state index contributed by atoms with van der Waals surface area (Å²) in [6.07, 6.45) is 1.03. The molecule has 1 aliphatic heterocycles.